The van der Waals surface area contributed by atoms with Crippen LogP contribution in [0, 0.1) is 5.41 Å². The van der Waals surface area contributed by atoms with Gasteiger partial charge in [0.25, 0.3) is 0 Å². The van der Waals surface area contributed by atoms with Crippen LogP contribution in [0.25, 0.3) is 0 Å². The number of aliphatic hydroxyl groups is 1. The maximum Gasteiger partial charge on any atom is 0.220 e. The molecular weight excluding hydrogens is 294 g/mol. The number of aliphatic hydroxyl groups excluding tert-OH is 1. The molecule has 0 saturated heterocycles. The first kappa shape index (κ1) is 17.3. The fraction of sp³-hybridized carbons (Fsp3) is 0.533. The molecule has 0 spiro atoms. The average molecular weight is 316 g/mol. The second-order valence-electron chi connectivity index (χ2n) is 5.47. The molecule has 0 unspecified atom stereocenters. The largest absolute Gasteiger partial charge is 0.396 e. The molecule has 1 aromatic carbocycles. The van der Waals surface area contributed by atoms with Gasteiger partial charge in [-0.2, -0.15) is 0 Å². The lowest BCUT2D eigenvalue weighted by Gasteiger charge is -2.23. The summed E-state index contributed by atoms with van der Waals surface area (Å²) in [5, 5.41) is 12.6. The summed E-state index contributed by atoms with van der Waals surface area (Å²) < 4.78 is 0. The molecule has 0 bridgehead atoms. The van der Waals surface area contributed by atoms with Crippen LogP contribution in [0.4, 0.5) is 0 Å². The van der Waals surface area contributed by atoms with Crippen LogP contribution < -0.4 is 5.32 Å². The quantitative estimate of drug-likeness (QED) is 0.723. The fourth-order valence-corrected chi connectivity index (χ4v) is 2.59. The van der Waals surface area contributed by atoms with Gasteiger partial charge in [0, 0.05) is 35.2 Å². The molecule has 2 N–H and O–H groups in total. The molecule has 0 heterocycles. The first-order valence-corrected chi connectivity index (χ1v) is 8.05. The van der Waals surface area contributed by atoms with Crippen LogP contribution >= 0.6 is 23.4 Å². The van der Waals surface area contributed by atoms with Gasteiger partial charge in [0.2, 0.25) is 5.91 Å². The molecule has 1 aromatic rings. The van der Waals surface area contributed by atoms with Gasteiger partial charge in [-0.15, -0.1) is 11.8 Å². The van der Waals surface area contributed by atoms with Gasteiger partial charge in [-0.1, -0.05) is 25.4 Å². The average Bonchev–Trinajstić information content (AvgIpc) is 2.39. The van der Waals surface area contributed by atoms with E-state index in [1.54, 1.807) is 11.8 Å². The molecular formula is C15H22ClNO2S. The van der Waals surface area contributed by atoms with Gasteiger partial charge in [-0.05, 0) is 36.1 Å². The van der Waals surface area contributed by atoms with Crippen molar-refractivity contribution in [3.05, 3.63) is 29.3 Å². The zero-order valence-electron chi connectivity index (χ0n) is 12.0. The van der Waals surface area contributed by atoms with Crippen molar-refractivity contribution >= 4 is 29.3 Å². The monoisotopic (exact) mass is 315 g/mol. The number of rotatable bonds is 8. The van der Waals surface area contributed by atoms with E-state index in [1.165, 1.54) is 0 Å². The smallest absolute Gasteiger partial charge is 0.220 e. The van der Waals surface area contributed by atoms with Gasteiger partial charge >= 0.3 is 0 Å². The predicted molar refractivity (Wildman–Crippen MR) is 85.3 cm³/mol. The van der Waals surface area contributed by atoms with Crippen LogP contribution in [0.3, 0.4) is 0 Å². The van der Waals surface area contributed by atoms with Gasteiger partial charge in [-0.25, -0.2) is 0 Å². The molecule has 1 rings (SSSR count). The summed E-state index contributed by atoms with van der Waals surface area (Å²) in [6, 6.07) is 7.60. The summed E-state index contributed by atoms with van der Waals surface area (Å²) in [5.74, 6) is 0.797. The molecule has 0 aliphatic carbocycles. The van der Waals surface area contributed by atoms with Gasteiger partial charge in [0.1, 0.15) is 0 Å². The molecule has 5 heteroatoms. The zero-order valence-corrected chi connectivity index (χ0v) is 13.6. The maximum absolute atomic E-state index is 11.7. The highest BCUT2D eigenvalue weighted by Crippen LogP contribution is 2.21. The first-order valence-electron chi connectivity index (χ1n) is 6.69. The number of carbonyl (C=O) groups is 1. The lowest BCUT2D eigenvalue weighted by atomic mass is 9.90. The van der Waals surface area contributed by atoms with Gasteiger partial charge in [0.15, 0.2) is 0 Å². The second-order valence-corrected chi connectivity index (χ2v) is 7.07. The van der Waals surface area contributed by atoms with Crippen LogP contribution in [0.2, 0.25) is 5.02 Å². The lowest BCUT2D eigenvalue weighted by molar-refractivity contribution is -0.121. The molecule has 0 fully saturated rings. The normalized spacial score (nSPS) is 11.4. The molecule has 0 radical (unpaired) electrons. The highest BCUT2D eigenvalue weighted by atomic mass is 35.5. The SMILES string of the molecule is CC(C)(CCO)CNC(=O)CCSc1ccc(Cl)cc1. The van der Waals surface area contributed by atoms with E-state index in [0.29, 0.717) is 19.4 Å². The van der Waals surface area contributed by atoms with E-state index < -0.39 is 0 Å². The fourth-order valence-electron chi connectivity index (χ4n) is 1.61. The predicted octanol–water partition coefficient (Wildman–Crippen LogP) is 3.35. The van der Waals surface area contributed by atoms with Crippen molar-refractivity contribution in [3.63, 3.8) is 0 Å². The van der Waals surface area contributed by atoms with Crippen molar-refractivity contribution in [2.75, 3.05) is 18.9 Å². The Morgan fingerprint density at radius 1 is 1.35 bits per heavy atom. The van der Waals surface area contributed by atoms with E-state index in [9.17, 15) is 4.79 Å². The van der Waals surface area contributed by atoms with Crippen LogP contribution in [0.15, 0.2) is 29.2 Å². The van der Waals surface area contributed by atoms with E-state index in [-0.39, 0.29) is 17.9 Å². The Balaban J connectivity index is 2.22. The maximum atomic E-state index is 11.7. The number of carbonyl (C=O) groups excluding carboxylic acids is 1. The van der Waals surface area contributed by atoms with Crippen LogP contribution in [-0.4, -0.2) is 29.9 Å². The Morgan fingerprint density at radius 2 is 2.00 bits per heavy atom. The number of hydrogen-bond acceptors (Lipinski definition) is 3. The molecule has 0 atom stereocenters. The van der Waals surface area contributed by atoms with E-state index in [2.05, 4.69) is 5.32 Å². The molecule has 0 aromatic heterocycles. The molecule has 3 nitrogen and oxygen atoms in total. The Kier molecular flexibility index (Phi) is 7.41. The third kappa shape index (κ3) is 7.17. The first-order chi connectivity index (χ1) is 9.43. The Labute approximate surface area is 130 Å². The summed E-state index contributed by atoms with van der Waals surface area (Å²) in [5.41, 5.74) is -0.0618. The summed E-state index contributed by atoms with van der Waals surface area (Å²) in [4.78, 5) is 12.8. The summed E-state index contributed by atoms with van der Waals surface area (Å²) in [7, 11) is 0. The van der Waals surface area contributed by atoms with Gasteiger partial charge in [0.05, 0.1) is 0 Å². The second kappa shape index (κ2) is 8.55. The number of amides is 1. The molecule has 0 aliphatic rings. The van der Waals surface area contributed by atoms with Gasteiger partial charge in [-0.3, -0.25) is 4.79 Å². The minimum atomic E-state index is -0.0618. The molecule has 0 aliphatic heterocycles. The van der Waals surface area contributed by atoms with Crippen molar-refractivity contribution in [3.8, 4) is 0 Å². The Morgan fingerprint density at radius 3 is 2.60 bits per heavy atom. The molecule has 1 amide bonds. The lowest BCUT2D eigenvalue weighted by Crippen LogP contribution is -2.34. The van der Waals surface area contributed by atoms with E-state index >= 15 is 0 Å². The summed E-state index contributed by atoms with van der Waals surface area (Å²) in [6.45, 7) is 4.81. The highest BCUT2D eigenvalue weighted by Gasteiger charge is 2.17. The number of hydrogen-bond donors (Lipinski definition) is 2. The van der Waals surface area contributed by atoms with Gasteiger partial charge < -0.3 is 10.4 Å². The van der Waals surface area contributed by atoms with E-state index in [1.807, 2.05) is 38.1 Å². The zero-order chi connectivity index (χ0) is 15.0. The highest BCUT2D eigenvalue weighted by molar-refractivity contribution is 7.99. The third-order valence-electron chi connectivity index (χ3n) is 2.96. The van der Waals surface area contributed by atoms with Crippen molar-refractivity contribution < 1.29 is 9.90 Å². The Bertz CT molecular complexity index is 420. The minimum absolute atomic E-state index is 0.0532. The van der Waals surface area contributed by atoms with E-state index in [0.717, 1.165) is 15.7 Å². The number of nitrogens with one attached hydrogen (secondary N) is 1. The summed E-state index contributed by atoms with van der Waals surface area (Å²) in [6.07, 6.45) is 1.18. The van der Waals surface area contributed by atoms with Crippen LogP contribution in [-0.2, 0) is 4.79 Å². The number of halogens is 1. The van der Waals surface area contributed by atoms with Crippen LogP contribution in [0.1, 0.15) is 26.7 Å². The Hall–Kier alpha value is -0.710. The third-order valence-corrected chi connectivity index (χ3v) is 4.23. The standard InChI is InChI=1S/C15H22ClNO2S/c1-15(2,8-9-18)11-17-14(19)7-10-20-13-5-3-12(16)4-6-13/h3-6,18H,7-11H2,1-2H3,(H,17,19). The van der Waals surface area contributed by atoms with Crippen molar-refractivity contribution in [1.82, 2.24) is 5.32 Å². The molecule has 0 saturated carbocycles. The minimum Gasteiger partial charge on any atom is -0.396 e. The van der Waals surface area contributed by atoms with Crippen molar-refractivity contribution in [2.24, 2.45) is 5.41 Å². The number of benzene rings is 1. The van der Waals surface area contributed by atoms with E-state index in [4.69, 9.17) is 16.7 Å². The molecule has 20 heavy (non-hydrogen) atoms. The topological polar surface area (TPSA) is 49.3 Å². The molecule has 112 valence electrons. The van der Waals surface area contributed by atoms with Crippen molar-refractivity contribution in [1.29, 1.82) is 0 Å². The summed E-state index contributed by atoms with van der Waals surface area (Å²) >= 11 is 7.46. The van der Waals surface area contributed by atoms with Crippen LogP contribution in [0.5, 0.6) is 0 Å². The van der Waals surface area contributed by atoms with Crippen molar-refractivity contribution in [2.45, 2.75) is 31.6 Å². The number of thioether (sulfide) groups is 1.